The van der Waals surface area contributed by atoms with Gasteiger partial charge in [-0.3, -0.25) is 5.01 Å². The number of benzene rings is 3. The molecule has 4 rings (SSSR count). The Bertz CT molecular complexity index is 1310. The minimum Gasteiger partial charge on any atom is -0.494 e. The van der Waals surface area contributed by atoms with E-state index in [9.17, 15) is 8.42 Å². The van der Waals surface area contributed by atoms with Gasteiger partial charge in [-0.15, -0.1) is 0 Å². The molecule has 1 N–H and O–H groups in total. The smallest absolute Gasteiger partial charge is 0.242 e. The zero-order valence-corrected chi connectivity index (χ0v) is 21.3. The fraction of sp³-hybridized carbons (Fsp3) is 0.208. The fourth-order valence-electron chi connectivity index (χ4n) is 3.70. The van der Waals surface area contributed by atoms with Crippen LogP contribution in [-0.4, -0.2) is 27.3 Å². The van der Waals surface area contributed by atoms with E-state index in [-0.39, 0.29) is 22.5 Å². The number of nitrogens with zero attached hydrogens (tertiary/aromatic N) is 2. The molecule has 34 heavy (non-hydrogen) atoms. The maximum absolute atomic E-state index is 12.8. The van der Waals surface area contributed by atoms with Crippen LogP contribution in [0.5, 0.6) is 5.75 Å². The molecule has 0 fully saturated rings. The molecule has 0 aliphatic carbocycles. The van der Waals surface area contributed by atoms with Crippen molar-refractivity contribution < 1.29 is 13.2 Å². The molecule has 10 heteroatoms. The summed E-state index contributed by atoms with van der Waals surface area (Å²) in [4.78, 5) is 0.0240. The van der Waals surface area contributed by atoms with Gasteiger partial charge in [0.1, 0.15) is 10.6 Å². The minimum absolute atomic E-state index is 0.0240. The quantitative estimate of drug-likeness (QED) is 0.364. The Balaban J connectivity index is 1.61. The molecule has 1 unspecified atom stereocenters. The predicted octanol–water partition coefficient (Wildman–Crippen LogP) is 6.33. The second kappa shape index (κ2) is 10.5. The van der Waals surface area contributed by atoms with Gasteiger partial charge in [0.05, 0.1) is 40.6 Å². The molecule has 178 valence electrons. The molecule has 0 amide bonds. The Hall–Kier alpha value is -2.29. The summed E-state index contributed by atoms with van der Waals surface area (Å²) in [5, 5.41) is 7.64. The average Bonchev–Trinajstić information content (AvgIpc) is 3.23. The van der Waals surface area contributed by atoms with E-state index in [2.05, 4.69) is 4.72 Å². The Kier molecular flexibility index (Phi) is 7.70. The minimum atomic E-state index is -3.81. The Labute approximate surface area is 214 Å². The molecule has 1 aliphatic heterocycles. The van der Waals surface area contributed by atoms with Gasteiger partial charge in [-0.25, -0.2) is 13.1 Å². The highest BCUT2D eigenvalue weighted by Gasteiger charge is 2.31. The normalized spacial score (nSPS) is 15.9. The first-order chi connectivity index (χ1) is 16.3. The molecule has 0 aromatic heterocycles. The van der Waals surface area contributed by atoms with E-state index >= 15 is 0 Å². The molecular weight excluding hydrogens is 517 g/mol. The molecule has 3 aromatic carbocycles. The monoisotopic (exact) mass is 537 g/mol. The first kappa shape index (κ1) is 24.8. The molecule has 1 heterocycles. The van der Waals surface area contributed by atoms with Crippen LogP contribution in [0.15, 0.2) is 76.7 Å². The first-order valence-electron chi connectivity index (χ1n) is 10.6. The predicted molar refractivity (Wildman–Crippen MR) is 138 cm³/mol. The summed E-state index contributed by atoms with van der Waals surface area (Å²) in [5.74, 6) is 0.772. The Morgan fingerprint density at radius 2 is 1.76 bits per heavy atom. The zero-order chi connectivity index (χ0) is 24.3. The van der Waals surface area contributed by atoms with Crippen molar-refractivity contribution in [1.82, 2.24) is 4.72 Å². The SMILES string of the molecule is CCOc1ccc(C2CC(CNS(=O)(=O)c3ccccc3Cl)=NN2c2ccc(Cl)cc2Cl)cc1. The van der Waals surface area contributed by atoms with Crippen molar-refractivity contribution >= 4 is 56.2 Å². The summed E-state index contributed by atoms with van der Waals surface area (Å²) >= 11 is 18.6. The van der Waals surface area contributed by atoms with Gasteiger partial charge in [0.15, 0.2) is 0 Å². The largest absolute Gasteiger partial charge is 0.494 e. The van der Waals surface area contributed by atoms with Gasteiger partial charge < -0.3 is 4.74 Å². The standard InChI is InChI=1S/C24H22Cl3N3O3S/c1-2-33-19-10-7-16(8-11-19)23-14-18(29-30(23)22-12-9-17(25)13-21(22)27)15-28-34(31,32)24-6-4-3-5-20(24)26/h3-13,23,28H,2,14-15H2,1H3. The Morgan fingerprint density at radius 1 is 1.03 bits per heavy atom. The van der Waals surface area contributed by atoms with Gasteiger partial charge in [-0.2, -0.15) is 5.10 Å². The van der Waals surface area contributed by atoms with E-state index in [1.165, 1.54) is 12.1 Å². The lowest BCUT2D eigenvalue weighted by molar-refractivity contribution is 0.340. The fourth-order valence-corrected chi connectivity index (χ4v) is 5.73. The van der Waals surface area contributed by atoms with Crippen LogP contribution in [0.1, 0.15) is 24.9 Å². The average molecular weight is 539 g/mol. The van der Waals surface area contributed by atoms with Gasteiger partial charge in [0.2, 0.25) is 10.0 Å². The number of halogens is 3. The second-order valence-corrected chi connectivity index (χ2v) is 10.6. The highest BCUT2D eigenvalue weighted by atomic mass is 35.5. The van der Waals surface area contributed by atoms with Crippen molar-refractivity contribution in [2.75, 3.05) is 18.2 Å². The van der Waals surface area contributed by atoms with Gasteiger partial charge in [-0.1, -0.05) is 59.1 Å². The van der Waals surface area contributed by atoms with Crippen LogP contribution < -0.4 is 14.5 Å². The third-order valence-corrected chi connectivity index (χ3v) is 7.74. The lowest BCUT2D eigenvalue weighted by atomic mass is 10.0. The van der Waals surface area contributed by atoms with Crippen LogP contribution in [0.25, 0.3) is 0 Å². The van der Waals surface area contributed by atoms with Crippen LogP contribution >= 0.6 is 34.8 Å². The number of hydrogen-bond acceptors (Lipinski definition) is 5. The summed E-state index contributed by atoms with van der Waals surface area (Å²) in [6.07, 6.45) is 0.498. The number of hydrogen-bond donors (Lipinski definition) is 1. The van der Waals surface area contributed by atoms with E-state index in [4.69, 9.17) is 44.6 Å². The van der Waals surface area contributed by atoms with Crippen molar-refractivity contribution in [3.63, 3.8) is 0 Å². The maximum atomic E-state index is 12.8. The lowest BCUT2D eigenvalue weighted by Gasteiger charge is -2.25. The van der Waals surface area contributed by atoms with Crippen molar-refractivity contribution in [1.29, 1.82) is 0 Å². The summed E-state index contributed by atoms with van der Waals surface area (Å²) < 4.78 is 33.7. The highest BCUT2D eigenvalue weighted by molar-refractivity contribution is 7.89. The second-order valence-electron chi connectivity index (χ2n) is 7.58. The summed E-state index contributed by atoms with van der Waals surface area (Å²) in [7, 11) is -3.81. The Morgan fingerprint density at radius 3 is 2.44 bits per heavy atom. The highest BCUT2D eigenvalue weighted by Crippen LogP contribution is 2.40. The molecule has 3 aromatic rings. The van der Waals surface area contributed by atoms with Crippen LogP contribution in [0, 0.1) is 0 Å². The number of anilines is 1. The molecule has 6 nitrogen and oxygen atoms in total. The van der Waals surface area contributed by atoms with Crippen LogP contribution in [0.4, 0.5) is 5.69 Å². The van der Waals surface area contributed by atoms with E-state index in [1.54, 1.807) is 35.3 Å². The number of hydrazone groups is 1. The number of rotatable bonds is 8. The number of ether oxygens (including phenoxy) is 1. The van der Waals surface area contributed by atoms with Crippen molar-refractivity contribution in [3.8, 4) is 5.75 Å². The number of sulfonamides is 1. The topological polar surface area (TPSA) is 71.0 Å². The molecule has 0 saturated heterocycles. The van der Waals surface area contributed by atoms with Gasteiger partial charge in [0.25, 0.3) is 0 Å². The third kappa shape index (κ3) is 5.50. The summed E-state index contributed by atoms with van der Waals surface area (Å²) in [6, 6.07) is 19.1. The molecule has 0 spiro atoms. The molecule has 1 atom stereocenters. The zero-order valence-electron chi connectivity index (χ0n) is 18.2. The molecule has 0 bridgehead atoms. The van der Waals surface area contributed by atoms with Crippen LogP contribution in [0.3, 0.4) is 0 Å². The number of nitrogens with one attached hydrogen (secondary N) is 1. The van der Waals surface area contributed by atoms with E-state index in [1.807, 2.05) is 31.2 Å². The van der Waals surface area contributed by atoms with E-state index < -0.39 is 10.0 Å². The summed E-state index contributed by atoms with van der Waals surface area (Å²) in [6.45, 7) is 2.54. The van der Waals surface area contributed by atoms with E-state index in [0.717, 1.165) is 11.3 Å². The van der Waals surface area contributed by atoms with Crippen LogP contribution in [-0.2, 0) is 10.0 Å². The molecule has 1 aliphatic rings. The van der Waals surface area contributed by atoms with Crippen molar-refractivity contribution in [2.24, 2.45) is 5.10 Å². The van der Waals surface area contributed by atoms with Crippen LogP contribution in [0.2, 0.25) is 15.1 Å². The van der Waals surface area contributed by atoms with Gasteiger partial charge in [0, 0.05) is 11.4 Å². The summed E-state index contributed by atoms with van der Waals surface area (Å²) in [5.41, 5.74) is 2.32. The maximum Gasteiger partial charge on any atom is 0.242 e. The molecular formula is C24H22Cl3N3O3S. The molecule has 0 radical (unpaired) electrons. The first-order valence-corrected chi connectivity index (χ1v) is 13.2. The van der Waals surface area contributed by atoms with Gasteiger partial charge in [-0.05, 0) is 55.0 Å². The third-order valence-electron chi connectivity index (χ3n) is 5.30. The van der Waals surface area contributed by atoms with Crippen molar-refractivity contribution in [3.05, 3.63) is 87.4 Å². The van der Waals surface area contributed by atoms with E-state index in [0.29, 0.717) is 34.5 Å². The van der Waals surface area contributed by atoms with Gasteiger partial charge >= 0.3 is 0 Å². The molecule has 0 saturated carbocycles. The lowest BCUT2D eigenvalue weighted by Crippen LogP contribution is -2.29. The van der Waals surface area contributed by atoms with Crippen molar-refractivity contribution in [2.45, 2.75) is 24.3 Å².